The lowest BCUT2D eigenvalue weighted by Crippen LogP contribution is -2.33. The molecule has 0 saturated heterocycles. The Labute approximate surface area is 94.5 Å². The minimum Gasteiger partial charge on any atom is -0.399 e. The molecule has 86 valence electrons. The SMILES string of the molecule is Nc1cccc(C(=O)NCC(O)C2CC2)c1. The zero-order chi connectivity index (χ0) is 11.5. The van der Waals surface area contributed by atoms with E-state index in [9.17, 15) is 9.90 Å². The number of aliphatic hydroxyl groups is 1. The quantitative estimate of drug-likeness (QED) is 0.656. The van der Waals surface area contributed by atoms with Crippen LogP contribution in [0.2, 0.25) is 0 Å². The van der Waals surface area contributed by atoms with Crippen LogP contribution in [0.25, 0.3) is 0 Å². The molecule has 1 aromatic rings. The maximum Gasteiger partial charge on any atom is 0.251 e. The molecule has 4 N–H and O–H groups in total. The fourth-order valence-electron chi connectivity index (χ4n) is 1.63. The van der Waals surface area contributed by atoms with Gasteiger partial charge < -0.3 is 16.2 Å². The summed E-state index contributed by atoms with van der Waals surface area (Å²) in [5.41, 5.74) is 6.68. The molecule has 0 aromatic heterocycles. The first-order valence-corrected chi connectivity index (χ1v) is 5.48. The molecule has 1 unspecified atom stereocenters. The number of rotatable bonds is 4. The highest BCUT2D eigenvalue weighted by Crippen LogP contribution is 2.32. The molecule has 16 heavy (non-hydrogen) atoms. The van der Waals surface area contributed by atoms with Gasteiger partial charge in [-0.15, -0.1) is 0 Å². The van der Waals surface area contributed by atoms with E-state index in [1.807, 2.05) is 0 Å². The van der Waals surface area contributed by atoms with E-state index in [-0.39, 0.29) is 5.91 Å². The summed E-state index contributed by atoms with van der Waals surface area (Å²) in [6.07, 6.45) is 1.72. The number of hydrogen-bond donors (Lipinski definition) is 3. The predicted octanol–water partition coefficient (Wildman–Crippen LogP) is 0.769. The molecule has 1 amide bonds. The van der Waals surface area contributed by atoms with Crippen LogP contribution in [-0.4, -0.2) is 23.7 Å². The van der Waals surface area contributed by atoms with Gasteiger partial charge in [0, 0.05) is 17.8 Å². The van der Waals surface area contributed by atoms with Crippen LogP contribution in [0.1, 0.15) is 23.2 Å². The summed E-state index contributed by atoms with van der Waals surface area (Å²) in [5.74, 6) is 0.188. The Morgan fingerprint density at radius 2 is 2.31 bits per heavy atom. The monoisotopic (exact) mass is 220 g/mol. The van der Waals surface area contributed by atoms with E-state index in [2.05, 4.69) is 5.32 Å². The third-order valence-electron chi connectivity index (χ3n) is 2.79. The molecular weight excluding hydrogens is 204 g/mol. The second-order valence-corrected chi connectivity index (χ2v) is 4.24. The van der Waals surface area contributed by atoms with Crippen LogP contribution in [0.5, 0.6) is 0 Å². The summed E-state index contributed by atoms with van der Waals surface area (Å²) < 4.78 is 0. The van der Waals surface area contributed by atoms with Crippen LogP contribution >= 0.6 is 0 Å². The average Bonchev–Trinajstić information content (AvgIpc) is 3.09. The molecule has 0 spiro atoms. The van der Waals surface area contributed by atoms with Gasteiger partial charge in [0.2, 0.25) is 0 Å². The molecule has 0 heterocycles. The molecule has 1 atom stereocenters. The Bertz CT molecular complexity index is 388. The Hall–Kier alpha value is -1.55. The number of amides is 1. The second kappa shape index (κ2) is 4.53. The van der Waals surface area contributed by atoms with Crippen molar-refractivity contribution in [1.29, 1.82) is 0 Å². The van der Waals surface area contributed by atoms with Crippen molar-refractivity contribution in [3.05, 3.63) is 29.8 Å². The first-order valence-electron chi connectivity index (χ1n) is 5.48. The van der Waals surface area contributed by atoms with Gasteiger partial charge in [-0.2, -0.15) is 0 Å². The predicted molar refractivity (Wildman–Crippen MR) is 61.9 cm³/mol. The van der Waals surface area contributed by atoms with E-state index in [1.165, 1.54) is 0 Å². The number of nitrogens with two attached hydrogens (primary N) is 1. The van der Waals surface area contributed by atoms with Gasteiger partial charge in [-0.25, -0.2) is 0 Å². The smallest absolute Gasteiger partial charge is 0.251 e. The van der Waals surface area contributed by atoms with E-state index in [1.54, 1.807) is 24.3 Å². The van der Waals surface area contributed by atoms with Crippen molar-refractivity contribution in [2.75, 3.05) is 12.3 Å². The summed E-state index contributed by atoms with van der Waals surface area (Å²) in [6.45, 7) is 0.318. The Morgan fingerprint density at radius 3 is 2.94 bits per heavy atom. The van der Waals surface area contributed by atoms with Gasteiger partial charge in [-0.3, -0.25) is 4.79 Å². The molecule has 4 heteroatoms. The van der Waals surface area contributed by atoms with Gasteiger partial charge in [0.25, 0.3) is 5.91 Å². The minimum atomic E-state index is -0.412. The summed E-state index contributed by atoms with van der Waals surface area (Å²) in [6, 6.07) is 6.80. The molecule has 1 aliphatic rings. The van der Waals surface area contributed by atoms with Gasteiger partial charge in [-0.1, -0.05) is 6.07 Å². The summed E-state index contributed by atoms with van der Waals surface area (Å²) >= 11 is 0. The molecule has 1 fully saturated rings. The lowest BCUT2D eigenvalue weighted by atomic mass is 10.2. The number of carbonyl (C=O) groups excluding carboxylic acids is 1. The fourth-order valence-corrected chi connectivity index (χ4v) is 1.63. The van der Waals surface area contributed by atoms with Gasteiger partial charge in [0.05, 0.1) is 6.10 Å². The second-order valence-electron chi connectivity index (χ2n) is 4.24. The van der Waals surface area contributed by atoms with E-state index in [4.69, 9.17) is 5.73 Å². The molecule has 2 rings (SSSR count). The van der Waals surface area contributed by atoms with Crippen LogP contribution in [0, 0.1) is 5.92 Å². The summed E-state index contributed by atoms with van der Waals surface area (Å²) in [4.78, 5) is 11.7. The van der Waals surface area contributed by atoms with Crippen LogP contribution in [0.15, 0.2) is 24.3 Å². The standard InChI is InChI=1S/C12H16N2O2/c13-10-3-1-2-9(6-10)12(16)14-7-11(15)8-4-5-8/h1-3,6,8,11,15H,4-5,7,13H2,(H,14,16). The van der Waals surface area contributed by atoms with Crippen LogP contribution in [0.4, 0.5) is 5.69 Å². The topological polar surface area (TPSA) is 75.4 Å². The Balaban J connectivity index is 1.87. The minimum absolute atomic E-state index is 0.188. The zero-order valence-electron chi connectivity index (χ0n) is 9.02. The summed E-state index contributed by atoms with van der Waals surface area (Å²) in [5, 5.41) is 12.3. The third kappa shape index (κ3) is 2.73. The first kappa shape index (κ1) is 11.0. The molecule has 4 nitrogen and oxygen atoms in total. The van der Waals surface area contributed by atoms with Gasteiger partial charge in [-0.05, 0) is 37.0 Å². The van der Waals surface area contributed by atoms with Crippen molar-refractivity contribution >= 4 is 11.6 Å². The number of benzene rings is 1. The molecule has 1 saturated carbocycles. The first-order chi connectivity index (χ1) is 7.66. The highest BCUT2D eigenvalue weighted by Gasteiger charge is 2.29. The number of hydrogen-bond acceptors (Lipinski definition) is 3. The van der Waals surface area contributed by atoms with Crippen molar-refractivity contribution in [3.8, 4) is 0 Å². The average molecular weight is 220 g/mol. The number of nitrogens with one attached hydrogen (secondary N) is 1. The van der Waals surface area contributed by atoms with Crippen molar-refractivity contribution in [2.24, 2.45) is 5.92 Å². The Morgan fingerprint density at radius 1 is 1.56 bits per heavy atom. The molecule has 1 aromatic carbocycles. The largest absolute Gasteiger partial charge is 0.399 e. The van der Waals surface area contributed by atoms with Crippen molar-refractivity contribution in [3.63, 3.8) is 0 Å². The number of nitrogen functional groups attached to an aromatic ring is 1. The summed E-state index contributed by atoms with van der Waals surface area (Å²) in [7, 11) is 0. The zero-order valence-corrected chi connectivity index (χ0v) is 9.02. The van der Waals surface area contributed by atoms with Crippen LogP contribution in [-0.2, 0) is 0 Å². The van der Waals surface area contributed by atoms with Crippen molar-refractivity contribution in [2.45, 2.75) is 18.9 Å². The third-order valence-corrected chi connectivity index (χ3v) is 2.79. The van der Waals surface area contributed by atoms with Crippen LogP contribution in [0.3, 0.4) is 0 Å². The number of aliphatic hydroxyl groups excluding tert-OH is 1. The number of carbonyl (C=O) groups is 1. The molecule has 0 bridgehead atoms. The van der Waals surface area contributed by atoms with Gasteiger partial charge in [0.15, 0.2) is 0 Å². The Kier molecular flexibility index (Phi) is 3.10. The van der Waals surface area contributed by atoms with Crippen LogP contribution < -0.4 is 11.1 Å². The lowest BCUT2D eigenvalue weighted by Gasteiger charge is -2.10. The normalized spacial score (nSPS) is 16.8. The van der Waals surface area contributed by atoms with E-state index in [0.29, 0.717) is 23.7 Å². The molecule has 1 aliphatic carbocycles. The van der Waals surface area contributed by atoms with Gasteiger partial charge >= 0.3 is 0 Å². The lowest BCUT2D eigenvalue weighted by molar-refractivity contribution is 0.0901. The van der Waals surface area contributed by atoms with E-state index >= 15 is 0 Å². The van der Waals surface area contributed by atoms with Gasteiger partial charge in [0.1, 0.15) is 0 Å². The van der Waals surface area contributed by atoms with Crippen molar-refractivity contribution < 1.29 is 9.90 Å². The maximum atomic E-state index is 11.7. The molecule has 0 radical (unpaired) electrons. The highest BCUT2D eigenvalue weighted by atomic mass is 16.3. The molecular formula is C12H16N2O2. The van der Waals surface area contributed by atoms with E-state index in [0.717, 1.165) is 12.8 Å². The molecule has 0 aliphatic heterocycles. The highest BCUT2D eigenvalue weighted by molar-refractivity contribution is 5.94. The van der Waals surface area contributed by atoms with Crippen molar-refractivity contribution in [1.82, 2.24) is 5.32 Å². The fraction of sp³-hybridized carbons (Fsp3) is 0.417. The van der Waals surface area contributed by atoms with E-state index < -0.39 is 6.10 Å². The maximum absolute atomic E-state index is 11.7. The number of anilines is 1.